The summed E-state index contributed by atoms with van der Waals surface area (Å²) in [5.74, 6) is -1.90. The van der Waals surface area contributed by atoms with Gasteiger partial charge < -0.3 is 19.6 Å². The first-order chi connectivity index (χ1) is 9.75. The lowest BCUT2D eigenvalue weighted by Crippen LogP contribution is -2.54. The second kappa shape index (κ2) is 6.89. The fourth-order valence-electron chi connectivity index (χ4n) is 2.52. The largest absolute Gasteiger partial charge is 0.480 e. The van der Waals surface area contributed by atoms with Gasteiger partial charge in [-0.15, -0.1) is 0 Å². The second-order valence-corrected chi connectivity index (χ2v) is 5.68. The average molecular weight is 300 g/mol. The van der Waals surface area contributed by atoms with Crippen LogP contribution in [-0.2, 0) is 19.1 Å². The summed E-state index contributed by atoms with van der Waals surface area (Å²) in [5.41, 5.74) is -1.28. The van der Waals surface area contributed by atoms with Crippen LogP contribution in [0.2, 0.25) is 0 Å². The number of aliphatic carboxylic acids is 1. The van der Waals surface area contributed by atoms with E-state index in [1.807, 2.05) is 0 Å². The third kappa shape index (κ3) is 3.72. The maximum absolute atomic E-state index is 12.5. The maximum atomic E-state index is 12.5. The Morgan fingerprint density at radius 1 is 1.48 bits per heavy atom. The van der Waals surface area contributed by atoms with Crippen LogP contribution in [0.15, 0.2) is 0 Å². The first-order valence-corrected chi connectivity index (χ1v) is 7.07. The SMILES string of the molecule is CCN(C(=O)C1CC(=O)N(CCOC)C1)C(C)(C)C(=O)O. The number of carbonyl (C=O) groups is 3. The number of hydrogen-bond donors (Lipinski definition) is 1. The number of likely N-dealkylation sites (tertiary alicyclic amines) is 1. The quantitative estimate of drug-likeness (QED) is 0.725. The van der Waals surface area contributed by atoms with Crippen LogP contribution >= 0.6 is 0 Å². The van der Waals surface area contributed by atoms with E-state index in [-0.39, 0.29) is 18.2 Å². The minimum atomic E-state index is -1.28. The van der Waals surface area contributed by atoms with Crippen molar-refractivity contribution in [1.82, 2.24) is 9.80 Å². The zero-order valence-electron chi connectivity index (χ0n) is 13.1. The smallest absolute Gasteiger partial charge is 0.329 e. The summed E-state index contributed by atoms with van der Waals surface area (Å²) in [5, 5.41) is 9.27. The van der Waals surface area contributed by atoms with E-state index in [1.54, 1.807) is 18.9 Å². The molecule has 0 saturated carbocycles. The predicted octanol–water partition coefficient (Wildman–Crippen LogP) is 0.193. The molecule has 1 N–H and O–H groups in total. The second-order valence-electron chi connectivity index (χ2n) is 5.68. The van der Waals surface area contributed by atoms with Crippen LogP contribution in [0.3, 0.4) is 0 Å². The zero-order valence-corrected chi connectivity index (χ0v) is 13.1. The molecular weight excluding hydrogens is 276 g/mol. The van der Waals surface area contributed by atoms with E-state index in [1.165, 1.54) is 18.7 Å². The molecule has 1 aliphatic rings. The zero-order chi connectivity index (χ0) is 16.2. The van der Waals surface area contributed by atoms with Crippen molar-refractivity contribution in [2.24, 2.45) is 5.92 Å². The van der Waals surface area contributed by atoms with Crippen molar-refractivity contribution < 1.29 is 24.2 Å². The Labute approximate surface area is 124 Å². The van der Waals surface area contributed by atoms with Gasteiger partial charge >= 0.3 is 5.97 Å². The number of rotatable bonds is 7. The highest BCUT2D eigenvalue weighted by Gasteiger charge is 2.42. The lowest BCUT2D eigenvalue weighted by atomic mass is 9.99. The highest BCUT2D eigenvalue weighted by molar-refractivity contribution is 5.92. The number of hydrogen-bond acceptors (Lipinski definition) is 4. The molecule has 0 bridgehead atoms. The van der Waals surface area contributed by atoms with Gasteiger partial charge in [-0.25, -0.2) is 4.79 Å². The van der Waals surface area contributed by atoms with Gasteiger partial charge in [-0.3, -0.25) is 9.59 Å². The van der Waals surface area contributed by atoms with Gasteiger partial charge in [-0.05, 0) is 20.8 Å². The molecule has 7 heteroatoms. The average Bonchev–Trinajstić information content (AvgIpc) is 2.78. The van der Waals surface area contributed by atoms with E-state index in [4.69, 9.17) is 4.74 Å². The maximum Gasteiger partial charge on any atom is 0.329 e. The van der Waals surface area contributed by atoms with Crippen LogP contribution in [0, 0.1) is 5.92 Å². The summed E-state index contributed by atoms with van der Waals surface area (Å²) < 4.78 is 4.94. The van der Waals surface area contributed by atoms with Crippen molar-refractivity contribution in [1.29, 1.82) is 0 Å². The number of likely N-dealkylation sites (N-methyl/N-ethyl adjacent to an activating group) is 1. The van der Waals surface area contributed by atoms with Crippen LogP contribution < -0.4 is 0 Å². The van der Waals surface area contributed by atoms with Crippen LogP contribution in [0.4, 0.5) is 0 Å². The Balaban J connectivity index is 2.79. The van der Waals surface area contributed by atoms with Crippen molar-refractivity contribution in [3.8, 4) is 0 Å². The number of carbonyl (C=O) groups excluding carboxylic acids is 2. The number of carboxylic acids is 1. The molecule has 7 nitrogen and oxygen atoms in total. The fourth-order valence-corrected chi connectivity index (χ4v) is 2.52. The Kier molecular flexibility index (Phi) is 5.71. The number of nitrogens with zero attached hydrogens (tertiary/aromatic N) is 2. The van der Waals surface area contributed by atoms with Crippen molar-refractivity contribution >= 4 is 17.8 Å². The van der Waals surface area contributed by atoms with E-state index in [9.17, 15) is 19.5 Å². The lowest BCUT2D eigenvalue weighted by Gasteiger charge is -2.35. The molecule has 2 amide bonds. The lowest BCUT2D eigenvalue weighted by molar-refractivity contribution is -0.158. The minimum absolute atomic E-state index is 0.0883. The summed E-state index contributed by atoms with van der Waals surface area (Å²) in [7, 11) is 1.55. The van der Waals surface area contributed by atoms with Crippen LogP contribution in [0.1, 0.15) is 27.2 Å². The van der Waals surface area contributed by atoms with Gasteiger partial charge in [0.2, 0.25) is 11.8 Å². The number of methoxy groups -OCH3 is 1. The topological polar surface area (TPSA) is 87.2 Å². The van der Waals surface area contributed by atoms with Crippen molar-refractivity contribution in [2.75, 3.05) is 33.4 Å². The summed E-state index contributed by atoms with van der Waals surface area (Å²) in [6, 6.07) is 0. The molecule has 21 heavy (non-hydrogen) atoms. The van der Waals surface area contributed by atoms with Crippen molar-refractivity contribution in [3.05, 3.63) is 0 Å². The molecule has 0 spiro atoms. The number of amides is 2. The molecule has 1 unspecified atom stereocenters. The monoisotopic (exact) mass is 300 g/mol. The van der Waals surface area contributed by atoms with E-state index < -0.39 is 17.4 Å². The highest BCUT2D eigenvalue weighted by atomic mass is 16.5. The molecule has 120 valence electrons. The van der Waals surface area contributed by atoms with Gasteiger partial charge in [0.15, 0.2) is 0 Å². The standard InChI is InChI=1S/C14H24N2O5/c1-5-16(14(2,3)13(19)20)12(18)10-8-11(17)15(9-10)6-7-21-4/h10H,5-9H2,1-4H3,(H,19,20). The minimum Gasteiger partial charge on any atom is -0.480 e. The molecule has 0 radical (unpaired) electrons. The van der Waals surface area contributed by atoms with Gasteiger partial charge in [-0.2, -0.15) is 0 Å². The van der Waals surface area contributed by atoms with Gasteiger partial charge in [0.1, 0.15) is 5.54 Å². The molecule has 0 aromatic heterocycles. The van der Waals surface area contributed by atoms with Gasteiger partial charge in [-0.1, -0.05) is 0 Å². The van der Waals surface area contributed by atoms with Crippen LogP contribution in [-0.4, -0.2) is 71.6 Å². The molecule has 1 fully saturated rings. The normalized spacial score (nSPS) is 19.0. The summed E-state index contributed by atoms with van der Waals surface area (Å²) in [4.78, 5) is 38.7. The van der Waals surface area contributed by atoms with Gasteiger partial charge in [0.05, 0.1) is 12.5 Å². The first-order valence-electron chi connectivity index (χ1n) is 7.07. The van der Waals surface area contributed by atoms with E-state index in [0.717, 1.165) is 0 Å². The van der Waals surface area contributed by atoms with E-state index >= 15 is 0 Å². The Hall–Kier alpha value is -1.63. The predicted molar refractivity (Wildman–Crippen MR) is 75.7 cm³/mol. The third-order valence-electron chi connectivity index (χ3n) is 3.91. The molecule has 1 heterocycles. The molecule has 1 saturated heterocycles. The van der Waals surface area contributed by atoms with Crippen molar-refractivity contribution in [2.45, 2.75) is 32.7 Å². The summed E-state index contributed by atoms with van der Waals surface area (Å²) in [6.07, 6.45) is 0.134. The van der Waals surface area contributed by atoms with E-state index in [2.05, 4.69) is 0 Å². The highest BCUT2D eigenvalue weighted by Crippen LogP contribution is 2.24. The molecule has 0 aromatic carbocycles. The fraction of sp³-hybridized carbons (Fsp3) is 0.786. The molecule has 1 rings (SSSR count). The van der Waals surface area contributed by atoms with Crippen LogP contribution in [0.25, 0.3) is 0 Å². The molecule has 1 aliphatic heterocycles. The Morgan fingerprint density at radius 3 is 2.57 bits per heavy atom. The van der Waals surface area contributed by atoms with Crippen molar-refractivity contribution in [3.63, 3.8) is 0 Å². The van der Waals surface area contributed by atoms with E-state index in [0.29, 0.717) is 26.2 Å². The molecule has 0 aliphatic carbocycles. The number of carboxylic acid groups (broad SMARTS) is 1. The first kappa shape index (κ1) is 17.4. The Bertz CT molecular complexity index is 422. The summed E-state index contributed by atoms with van der Waals surface area (Å²) in [6.45, 7) is 6.22. The summed E-state index contributed by atoms with van der Waals surface area (Å²) >= 11 is 0. The molecule has 1 atom stereocenters. The number of ether oxygens (including phenoxy) is 1. The van der Waals surface area contributed by atoms with Gasteiger partial charge in [0.25, 0.3) is 0 Å². The Morgan fingerprint density at radius 2 is 2.10 bits per heavy atom. The molecular formula is C14H24N2O5. The molecule has 0 aromatic rings. The third-order valence-corrected chi connectivity index (χ3v) is 3.91. The van der Waals surface area contributed by atoms with Crippen LogP contribution in [0.5, 0.6) is 0 Å². The van der Waals surface area contributed by atoms with Gasteiger partial charge in [0, 0.05) is 33.2 Å².